The number of aromatic nitrogens is 3. The van der Waals surface area contributed by atoms with Crippen LogP contribution in [0.2, 0.25) is 0 Å². The molecule has 0 spiro atoms. The molecule has 2 unspecified atom stereocenters. The first kappa shape index (κ1) is 8.50. The summed E-state index contributed by atoms with van der Waals surface area (Å²) in [5.41, 5.74) is 5.62. The van der Waals surface area contributed by atoms with Gasteiger partial charge in [0.2, 0.25) is 5.95 Å². The lowest BCUT2D eigenvalue weighted by Crippen LogP contribution is -2.18. The summed E-state index contributed by atoms with van der Waals surface area (Å²) >= 11 is 0. The molecule has 0 saturated carbocycles. The topological polar surface area (TPSA) is 68.8 Å². The maximum absolute atomic E-state index is 5.62. The normalized spacial score (nSPS) is 28.2. The van der Waals surface area contributed by atoms with Gasteiger partial charge >= 0.3 is 0 Å². The van der Waals surface area contributed by atoms with E-state index in [0.29, 0.717) is 11.9 Å². The highest BCUT2D eigenvalue weighted by molar-refractivity contribution is 5.17. The van der Waals surface area contributed by atoms with Crippen LogP contribution in [0.4, 0.5) is 5.95 Å². The fourth-order valence-electron chi connectivity index (χ4n) is 1.73. The zero-order chi connectivity index (χ0) is 9.42. The van der Waals surface area contributed by atoms with E-state index in [0.717, 1.165) is 12.4 Å². The van der Waals surface area contributed by atoms with E-state index in [1.165, 1.54) is 6.42 Å². The van der Waals surface area contributed by atoms with Crippen molar-refractivity contribution in [3.8, 4) is 0 Å². The molecule has 0 bridgehead atoms. The first-order valence-electron chi connectivity index (χ1n) is 4.58. The molecular formula is C8H15N5. The molecule has 2 atom stereocenters. The molecule has 3 N–H and O–H groups in total. The highest BCUT2D eigenvalue weighted by Gasteiger charge is 2.27. The van der Waals surface area contributed by atoms with E-state index in [2.05, 4.69) is 22.3 Å². The van der Waals surface area contributed by atoms with E-state index in [1.54, 1.807) is 4.68 Å². The molecular weight excluding hydrogens is 166 g/mol. The predicted molar refractivity (Wildman–Crippen MR) is 49.9 cm³/mol. The molecule has 72 valence electrons. The van der Waals surface area contributed by atoms with Gasteiger partial charge in [0, 0.05) is 7.05 Å². The van der Waals surface area contributed by atoms with Crippen LogP contribution >= 0.6 is 0 Å². The Kier molecular flexibility index (Phi) is 1.95. The SMILES string of the molecule is CC1CCNC1c1nc(N)n(C)n1. The number of nitrogens with two attached hydrogens (primary N) is 1. The Bertz CT molecular complexity index is 286. The van der Waals surface area contributed by atoms with Gasteiger partial charge in [-0.1, -0.05) is 6.92 Å². The van der Waals surface area contributed by atoms with Crippen molar-refractivity contribution in [2.45, 2.75) is 19.4 Å². The fourth-order valence-corrected chi connectivity index (χ4v) is 1.73. The van der Waals surface area contributed by atoms with Crippen LogP contribution in [0.25, 0.3) is 0 Å². The Labute approximate surface area is 77.3 Å². The molecule has 1 aromatic heterocycles. The Morgan fingerprint density at radius 1 is 1.62 bits per heavy atom. The number of nitrogens with one attached hydrogen (secondary N) is 1. The molecule has 0 aromatic carbocycles. The second-order valence-corrected chi connectivity index (χ2v) is 3.65. The summed E-state index contributed by atoms with van der Waals surface area (Å²) in [5, 5.41) is 7.63. The van der Waals surface area contributed by atoms with Crippen LogP contribution < -0.4 is 11.1 Å². The molecule has 1 aliphatic heterocycles. The number of rotatable bonds is 1. The highest BCUT2D eigenvalue weighted by atomic mass is 15.4. The van der Waals surface area contributed by atoms with E-state index in [1.807, 2.05) is 7.05 Å². The molecule has 0 aliphatic carbocycles. The smallest absolute Gasteiger partial charge is 0.218 e. The second-order valence-electron chi connectivity index (χ2n) is 3.65. The third-order valence-corrected chi connectivity index (χ3v) is 2.62. The van der Waals surface area contributed by atoms with Crippen LogP contribution in [0, 0.1) is 5.92 Å². The summed E-state index contributed by atoms with van der Waals surface area (Å²) in [6.07, 6.45) is 1.18. The lowest BCUT2D eigenvalue weighted by atomic mass is 10.0. The van der Waals surface area contributed by atoms with Gasteiger partial charge < -0.3 is 11.1 Å². The van der Waals surface area contributed by atoms with Crippen molar-refractivity contribution in [2.24, 2.45) is 13.0 Å². The van der Waals surface area contributed by atoms with E-state index in [9.17, 15) is 0 Å². The van der Waals surface area contributed by atoms with Gasteiger partial charge in [0.05, 0.1) is 6.04 Å². The van der Waals surface area contributed by atoms with Crippen molar-refractivity contribution >= 4 is 5.95 Å². The number of nitrogens with zero attached hydrogens (tertiary/aromatic N) is 3. The van der Waals surface area contributed by atoms with Crippen LogP contribution in [-0.2, 0) is 7.05 Å². The number of nitrogen functional groups attached to an aromatic ring is 1. The third-order valence-electron chi connectivity index (χ3n) is 2.62. The molecule has 0 amide bonds. The lowest BCUT2D eigenvalue weighted by Gasteiger charge is -2.10. The van der Waals surface area contributed by atoms with Gasteiger partial charge in [-0.25, -0.2) is 4.68 Å². The summed E-state index contributed by atoms with van der Waals surface area (Å²) in [5.74, 6) is 1.91. The zero-order valence-corrected chi connectivity index (χ0v) is 7.99. The monoisotopic (exact) mass is 181 g/mol. The Morgan fingerprint density at radius 2 is 2.38 bits per heavy atom. The van der Waals surface area contributed by atoms with Gasteiger partial charge in [-0.15, -0.1) is 0 Å². The van der Waals surface area contributed by atoms with Crippen molar-refractivity contribution in [3.05, 3.63) is 5.82 Å². The van der Waals surface area contributed by atoms with Crippen LogP contribution in [-0.4, -0.2) is 21.3 Å². The van der Waals surface area contributed by atoms with Gasteiger partial charge in [0.15, 0.2) is 5.82 Å². The van der Waals surface area contributed by atoms with Crippen molar-refractivity contribution in [1.82, 2.24) is 20.1 Å². The maximum Gasteiger partial charge on any atom is 0.218 e. The fraction of sp³-hybridized carbons (Fsp3) is 0.750. The molecule has 2 rings (SSSR count). The van der Waals surface area contributed by atoms with Crippen LogP contribution in [0.15, 0.2) is 0 Å². The number of anilines is 1. The Balaban J connectivity index is 2.24. The standard InChI is InChI=1S/C8H15N5/c1-5-3-4-10-6(5)7-11-8(9)13(2)12-7/h5-6,10H,3-4H2,1-2H3,(H2,9,11,12). The van der Waals surface area contributed by atoms with Gasteiger partial charge in [-0.05, 0) is 18.9 Å². The molecule has 1 aromatic rings. The summed E-state index contributed by atoms with van der Waals surface area (Å²) in [6.45, 7) is 3.25. The van der Waals surface area contributed by atoms with Crippen LogP contribution in [0.5, 0.6) is 0 Å². The van der Waals surface area contributed by atoms with Crippen molar-refractivity contribution in [3.63, 3.8) is 0 Å². The largest absolute Gasteiger partial charge is 0.368 e. The van der Waals surface area contributed by atoms with Crippen molar-refractivity contribution in [2.75, 3.05) is 12.3 Å². The quantitative estimate of drug-likeness (QED) is 0.643. The minimum atomic E-state index is 0.281. The van der Waals surface area contributed by atoms with Gasteiger partial charge in [0.25, 0.3) is 0 Å². The number of hydrogen-bond donors (Lipinski definition) is 2. The first-order chi connectivity index (χ1) is 6.18. The number of aryl methyl sites for hydroxylation is 1. The molecule has 1 fully saturated rings. The van der Waals surface area contributed by atoms with E-state index >= 15 is 0 Å². The van der Waals surface area contributed by atoms with E-state index in [-0.39, 0.29) is 6.04 Å². The van der Waals surface area contributed by atoms with Gasteiger partial charge in [0.1, 0.15) is 0 Å². The minimum absolute atomic E-state index is 0.281. The molecule has 5 nitrogen and oxygen atoms in total. The first-order valence-corrected chi connectivity index (χ1v) is 4.58. The average molecular weight is 181 g/mol. The Hall–Kier alpha value is -1.10. The van der Waals surface area contributed by atoms with Crippen LogP contribution in [0.1, 0.15) is 25.2 Å². The second kappa shape index (κ2) is 2.99. The molecule has 13 heavy (non-hydrogen) atoms. The van der Waals surface area contributed by atoms with Crippen molar-refractivity contribution < 1.29 is 0 Å². The van der Waals surface area contributed by atoms with Gasteiger partial charge in [-0.2, -0.15) is 10.1 Å². The molecule has 0 radical (unpaired) electrons. The predicted octanol–water partition coefficient (Wildman–Crippen LogP) is 0.0678. The van der Waals surface area contributed by atoms with E-state index in [4.69, 9.17) is 5.73 Å². The Morgan fingerprint density at radius 3 is 2.85 bits per heavy atom. The third kappa shape index (κ3) is 1.39. The highest BCUT2D eigenvalue weighted by Crippen LogP contribution is 2.26. The summed E-state index contributed by atoms with van der Waals surface area (Å²) in [7, 11) is 1.81. The summed E-state index contributed by atoms with van der Waals surface area (Å²) in [4.78, 5) is 4.21. The van der Waals surface area contributed by atoms with Gasteiger partial charge in [-0.3, -0.25) is 0 Å². The maximum atomic E-state index is 5.62. The lowest BCUT2D eigenvalue weighted by molar-refractivity contribution is 0.477. The number of hydrogen-bond acceptors (Lipinski definition) is 4. The summed E-state index contributed by atoms with van der Waals surface area (Å²) in [6, 6.07) is 0.281. The summed E-state index contributed by atoms with van der Waals surface area (Å²) < 4.78 is 1.61. The van der Waals surface area contributed by atoms with Crippen LogP contribution in [0.3, 0.4) is 0 Å². The molecule has 5 heteroatoms. The van der Waals surface area contributed by atoms with Crippen molar-refractivity contribution in [1.29, 1.82) is 0 Å². The molecule has 1 aliphatic rings. The van der Waals surface area contributed by atoms with E-state index < -0.39 is 0 Å². The molecule has 1 saturated heterocycles. The molecule has 2 heterocycles. The average Bonchev–Trinajstić information content (AvgIpc) is 2.60. The minimum Gasteiger partial charge on any atom is -0.368 e. The zero-order valence-electron chi connectivity index (χ0n) is 7.99.